The van der Waals surface area contributed by atoms with Gasteiger partial charge >= 0.3 is 0 Å². The van der Waals surface area contributed by atoms with Gasteiger partial charge in [0.1, 0.15) is 6.07 Å². The molecule has 4 heteroatoms. The third kappa shape index (κ3) is 2.61. The Kier molecular flexibility index (Phi) is 3.87. The number of anilines is 1. The second-order valence-electron chi connectivity index (χ2n) is 5.32. The fraction of sp³-hybridized carbons (Fsp3) is 0.467. The summed E-state index contributed by atoms with van der Waals surface area (Å²) in [6.45, 7) is 0.562. The van der Waals surface area contributed by atoms with E-state index in [1.54, 1.807) is 30.1 Å². The average molecular weight is 257 g/mol. The Morgan fingerprint density at radius 2 is 2.16 bits per heavy atom. The van der Waals surface area contributed by atoms with Crippen LogP contribution in [0.3, 0.4) is 0 Å². The average Bonchev–Trinajstić information content (AvgIpc) is 2.41. The normalized spacial score (nSPS) is 16.3. The molecule has 1 saturated carbocycles. The highest BCUT2D eigenvalue weighted by Crippen LogP contribution is 2.43. The molecule has 4 nitrogen and oxygen atoms in total. The number of nitriles is 1. The maximum Gasteiger partial charge on any atom is 0.227 e. The summed E-state index contributed by atoms with van der Waals surface area (Å²) in [4.78, 5) is 13.9. The van der Waals surface area contributed by atoms with E-state index in [4.69, 9.17) is 11.0 Å². The highest BCUT2D eigenvalue weighted by molar-refractivity contribution is 5.94. The molecule has 0 aliphatic heterocycles. The Labute approximate surface area is 113 Å². The van der Waals surface area contributed by atoms with Gasteiger partial charge in [0, 0.05) is 13.5 Å². The van der Waals surface area contributed by atoms with Crippen LogP contribution in [0.4, 0.5) is 5.69 Å². The number of hydrogen-bond acceptors (Lipinski definition) is 3. The Hall–Kier alpha value is -1.86. The molecular weight excluding hydrogens is 238 g/mol. The summed E-state index contributed by atoms with van der Waals surface area (Å²) in [6.07, 6.45) is 3.69. The van der Waals surface area contributed by atoms with E-state index in [1.807, 2.05) is 6.07 Å². The van der Waals surface area contributed by atoms with E-state index in [1.165, 1.54) is 0 Å². The summed E-state index contributed by atoms with van der Waals surface area (Å²) in [5.74, 6) is 0.0350. The summed E-state index contributed by atoms with van der Waals surface area (Å²) >= 11 is 0. The highest BCUT2D eigenvalue weighted by Gasteiger charge is 2.38. The van der Waals surface area contributed by atoms with E-state index >= 15 is 0 Å². The van der Waals surface area contributed by atoms with Crippen molar-refractivity contribution >= 4 is 11.6 Å². The van der Waals surface area contributed by atoms with Gasteiger partial charge in [-0.1, -0.05) is 18.6 Å². The zero-order valence-electron chi connectivity index (χ0n) is 11.2. The minimum absolute atomic E-state index is 0.00701. The van der Waals surface area contributed by atoms with Gasteiger partial charge in [-0.15, -0.1) is 0 Å². The summed E-state index contributed by atoms with van der Waals surface area (Å²) in [5.41, 5.74) is 6.97. The van der Waals surface area contributed by atoms with Gasteiger partial charge in [-0.3, -0.25) is 4.79 Å². The summed E-state index contributed by atoms with van der Waals surface area (Å²) in [6, 6.07) is 9.27. The van der Waals surface area contributed by atoms with Crippen LogP contribution < -0.4 is 10.6 Å². The fourth-order valence-electron chi connectivity index (χ4n) is 2.56. The van der Waals surface area contributed by atoms with Crippen molar-refractivity contribution in [3.05, 3.63) is 29.8 Å². The number of amides is 1. The van der Waals surface area contributed by atoms with E-state index in [9.17, 15) is 4.79 Å². The fourth-order valence-corrected chi connectivity index (χ4v) is 2.56. The van der Waals surface area contributed by atoms with Crippen LogP contribution in [0, 0.1) is 16.7 Å². The molecule has 0 atom stereocenters. The molecule has 0 bridgehead atoms. The molecular formula is C15H19N3O. The molecule has 0 radical (unpaired) electrons. The predicted octanol–water partition coefficient (Wildman–Crippen LogP) is 2.04. The van der Waals surface area contributed by atoms with Crippen molar-refractivity contribution in [2.75, 3.05) is 18.5 Å². The van der Waals surface area contributed by atoms with Gasteiger partial charge < -0.3 is 10.6 Å². The van der Waals surface area contributed by atoms with Gasteiger partial charge in [-0.05, 0) is 36.9 Å². The third-order valence-electron chi connectivity index (χ3n) is 4.13. The molecule has 0 saturated heterocycles. The Bertz CT molecular complexity index is 509. The molecule has 19 heavy (non-hydrogen) atoms. The second kappa shape index (κ2) is 5.41. The molecule has 0 spiro atoms. The number of hydrogen-bond donors (Lipinski definition) is 1. The zero-order chi connectivity index (χ0) is 13.9. The first-order chi connectivity index (χ1) is 9.12. The predicted molar refractivity (Wildman–Crippen MR) is 74.5 cm³/mol. The quantitative estimate of drug-likeness (QED) is 0.897. The third-order valence-corrected chi connectivity index (χ3v) is 4.13. The Balaban J connectivity index is 2.13. The number of nitrogens with zero attached hydrogens (tertiary/aromatic N) is 2. The van der Waals surface area contributed by atoms with Gasteiger partial charge in [0.25, 0.3) is 0 Å². The van der Waals surface area contributed by atoms with Crippen molar-refractivity contribution in [3.63, 3.8) is 0 Å². The Morgan fingerprint density at radius 3 is 2.68 bits per heavy atom. The van der Waals surface area contributed by atoms with Crippen LogP contribution in [0.5, 0.6) is 0 Å². The van der Waals surface area contributed by atoms with Crippen molar-refractivity contribution in [1.82, 2.24) is 0 Å². The number of carbonyl (C=O) groups is 1. The molecule has 0 heterocycles. The van der Waals surface area contributed by atoms with Gasteiger partial charge in [0.2, 0.25) is 5.91 Å². The zero-order valence-corrected chi connectivity index (χ0v) is 11.2. The lowest BCUT2D eigenvalue weighted by molar-refractivity contribution is -0.121. The van der Waals surface area contributed by atoms with E-state index < -0.39 is 0 Å². The van der Waals surface area contributed by atoms with E-state index in [-0.39, 0.29) is 11.3 Å². The van der Waals surface area contributed by atoms with Gasteiger partial charge in [0.05, 0.1) is 11.3 Å². The van der Waals surface area contributed by atoms with E-state index in [0.717, 1.165) is 19.3 Å². The monoisotopic (exact) mass is 257 g/mol. The van der Waals surface area contributed by atoms with Crippen molar-refractivity contribution in [3.8, 4) is 6.07 Å². The van der Waals surface area contributed by atoms with Crippen LogP contribution >= 0.6 is 0 Å². The Morgan fingerprint density at radius 1 is 1.47 bits per heavy atom. The highest BCUT2D eigenvalue weighted by atomic mass is 16.2. The summed E-state index contributed by atoms with van der Waals surface area (Å²) in [7, 11) is 1.72. The number of rotatable bonds is 4. The molecule has 0 aromatic heterocycles. The van der Waals surface area contributed by atoms with E-state index in [0.29, 0.717) is 24.2 Å². The van der Waals surface area contributed by atoms with Crippen LogP contribution in [0.15, 0.2) is 24.3 Å². The number of benzene rings is 1. The van der Waals surface area contributed by atoms with Crippen molar-refractivity contribution in [1.29, 1.82) is 5.26 Å². The second-order valence-corrected chi connectivity index (χ2v) is 5.32. The maximum absolute atomic E-state index is 12.3. The van der Waals surface area contributed by atoms with Crippen LogP contribution in [0.2, 0.25) is 0 Å². The molecule has 0 unspecified atom stereocenters. The van der Waals surface area contributed by atoms with Gasteiger partial charge in [0.15, 0.2) is 0 Å². The maximum atomic E-state index is 12.3. The van der Waals surface area contributed by atoms with Crippen LogP contribution in [-0.4, -0.2) is 19.5 Å². The molecule has 1 aromatic rings. The van der Waals surface area contributed by atoms with Gasteiger partial charge in [-0.2, -0.15) is 5.26 Å². The molecule has 100 valence electrons. The van der Waals surface area contributed by atoms with Gasteiger partial charge in [-0.25, -0.2) is 0 Å². The number of para-hydroxylation sites is 1. The van der Waals surface area contributed by atoms with Crippen molar-refractivity contribution in [2.45, 2.75) is 25.7 Å². The molecule has 1 aliphatic rings. The molecule has 2 N–H and O–H groups in total. The van der Waals surface area contributed by atoms with Crippen molar-refractivity contribution < 1.29 is 4.79 Å². The first-order valence-electron chi connectivity index (χ1n) is 6.58. The molecule has 1 fully saturated rings. The first kappa shape index (κ1) is 13.6. The van der Waals surface area contributed by atoms with Crippen LogP contribution in [0.25, 0.3) is 0 Å². The lowest BCUT2D eigenvalue weighted by Crippen LogP contribution is -2.42. The molecule has 2 rings (SSSR count). The molecule has 1 amide bonds. The lowest BCUT2D eigenvalue weighted by Gasteiger charge is -2.41. The largest absolute Gasteiger partial charge is 0.330 e. The van der Waals surface area contributed by atoms with E-state index in [2.05, 4.69) is 6.07 Å². The SMILES string of the molecule is CN(C(=O)CC1(CN)CCC1)c1ccccc1C#N. The first-order valence-corrected chi connectivity index (χ1v) is 6.58. The number of carbonyl (C=O) groups excluding carboxylic acids is 1. The lowest BCUT2D eigenvalue weighted by atomic mass is 9.66. The minimum Gasteiger partial charge on any atom is -0.330 e. The minimum atomic E-state index is -0.00701. The molecule has 1 aromatic carbocycles. The standard InChI is InChI=1S/C15H19N3O/c1-18(13-6-3-2-5-12(13)10-16)14(19)9-15(11-17)7-4-8-15/h2-3,5-6H,4,7-9,11,17H2,1H3. The topological polar surface area (TPSA) is 70.1 Å². The van der Waals surface area contributed by atoms with Crippen LogP contribution in [0.1, 0.15) is 31.2 Å². The van der Waals surface area contributed by atoms with Crippen molar-refractivity contribution in [2.24, 2.45) is 11.1 Å². The number of nitrogens with two attached hydrogens (primary N) is 1. The summed E-state index contributed by atoms with van der Waals surface area (Å²) < 4.78 is 0. The van der Waals surface area contributed by atoms with Crippen LogP contribution in [-0.2, 0) is 4.79 Å². The summed E-state index contributed by atoms with van der Waals surface area (Å²) in [5, 5.41) is 9.08. The smallest absolute Gasteiger partial charge is 0.227 e. The molecule has 1 aliphatic carbocycles.